The molecule has 0 aromatic heterocycles. The van der Waals surface area contributed by atoms with Crippen molar-refractivity contribution in [3.63, 3.8) is 0 Å². The van der Waals surface area contributed by atoms with E-state index in [0.29, 0.717) is 5.56 Å². The second kappa shape index (κ2) is 9.77. The number of aliphatic hydroxyl groups excluding tert-OH is 1. The molecule has 1 amide bonds. The van der Waals surface area contributed by atoms with Crippen molar-refractivity contribution >= 4 is 17.4 Å². The number of aliphatic hydroxyl groups is 1. The van der Waals surface area contributed by atoms with Gasteiger partial charge in [-0.15, -0.1) is 0 Å². The van der Waals surface area contributed by atoms with Crippen molar-refractivity contribution in [2.24, 2.45) is 0 Å². The Hall–Kier alpha value is -3.66. The third kappa shape index (κ3) is 4.86. The molecule has 1 heterocycles. The fourth-order valence-electron chi connectivity index (χ4n) is 4.76. The zero-order valence-corrected chi connectivity index (χ0v) is 22.1. The molecule has 4 heteroatoms. The van der Waals surface area contributed by atoms with Crippen molar-refractivity contribution in [1.82, 2.24) is 4.90 Å². The first-order valence-electron chi connectivity index (χ1n) is 12.6. The number of amides is 1. The van der Waals surface area contributed by atoms with Crippen LogP contribution < -0.4 is 0 Å². The highest BCUT2D eigenvalue weighted by atomic mass is 16.3. The predicted octanol–water partition coefficient (Wildman–Crippen LogP) is 6.79. The first-order valence-corrected chi connectivity index (χ1v) is 12.6. The summed E-state index contributed by atoms with van der Waals surface area (Å²) >= 11 is 0. The number of rotatable bonds is 5. The van der Waals surface area contributed by atoms with Crippen LogP contribution in [0.25, 0.3) is 5.76 Å². The van der Waals surface area contributed by atoms with Gasteiger partial charge in [0.15, 0.2) is 0 Å². The Bertz CT molecular complexity index is 1330. The fraction of sp³-hybridized carbons (Fsp3) is 0.312. The van der Waals surface area contributed by atoms with Crippen molar-refractivity contribution < 1.29 is 14.7 Å². The van der Waals surface area contributed by atoms with Gasteiger partial charge in [0.05, 0.1) is 11.6 Å². The summed E-state index contributed by atoms with van der Waals surface area (Å²) in [4.78, 5) is 28.4. The summed E-state index contributed by atoms with van der Waals surface area (Å²) in [5.74, 6) is -1.38. The summed E-state index contributed by atoms with van der Waals surface area (Å²) in [5.41, 5.74) is 6.88. The van der Waals surface area contributed by atoms with E-state index in [2.05, 4.69) is 33.8 Å². The zero-order chi connectivity index (χ0) is 26.2. The Balaban J connectivity index is 1.86. The first-order chi connectivity index (χ1) is 17.0. The Morgan fingerprint density at radius 1 is 0.917 bits per heavy atom. The van der Waals surface area contributed by atoms with Gasteiger partial charge in [0, 0.05) is 12.1 Å². The molecule has 1 atom stereocenters. The molecule has 4 rings (SSSR count). The van der Waals surface area contributed by atoms with Crippen LogP contribution in [0.5, 0.6) is 0 Å². The maximum Gasteiger partial charge on any atom is 0.295 e. The smallest absolute Gasteiger partial charge is 0.295 e. The number of aryl methyl sites for hydroxylation is 3. The van der Waals surface area contributed by atoms with Crippen LogP contribution in [0.15, 0.2) is 72.3 Å². The number of benzene rings is 3. The monoisotopic (exact) mass is 481 g/mol. The lowest BCUT2D eigenvalue weighted by atomic mass is 9.85. The van der Waals surface area contributed by atoms with E-state index >= 15 is 0 Å². The Kier molecular flexibility index (Phi) is 6.90. The molecule has 1 N–H and O–H groups in total. The minimum atomic E-state index is -0.676. The SMILES string of the molecule is CCc1ccc(/C(O)=C2/C(=O)C(=O)N(Cc3cc(C)ccc3C)C2c2ccc(C(C)(C)C)cc2)cc1. The number of carbonyl (C=O) groups excluding carboxylic acids is 2. The van der Waals surface area contributed by atoms with E-state index in [1.807, 2.05) is 74.5 Å². The van der Waals surface area contributed by atoms with Crippen molar-refractivity contribution in [3.05, 3.63) is 111 Å². The van der Waals surface area contributed by atoms with Crippen LogP contribution in [-0.2, 0) is 28.0 Å². The quantitative estimate of drug-likeness (QED) is 0.248. The highest BCUT2D eigenvalue weighted by molar-refractivity contribution is 6.46. The molecule has 36 heavy (non-hydrogen) atoms. The third-order valence-corrected chi connectivity index (χ3v) is 7.11. The molecule has 1 aliphatic rings. The summed E-state index contributed by atoms with van der Waals surface area (Å²) < 4.78 is 0. The summed E-state index contributed by atoms with van der Waals surface area (Å²) in [6.07, 6.45) is 0.876. The number of likely N-dealkylation sites (tertiary alicyclic amines) is 1. The fourth-order valence-corrected chi connectivity index (χ4v) is 4.76. The number of Topliss-reactive ketones (excluding diaryl/α,β-unsaturated/α-hetero) is 1. The summed E-state index contributed by atoms with van der Waals surface area (Å²) in [7, 11) is 0. The standard InChI is InChI=1S/C32H35NO3/c1-7-22-10-12-24(13-11-22)29(34)27-28(23-14-16-26(17-15-23)32(4,5)6)33(31(36)30(27)35)19-25-18-20(2)8-9-21(25)3/h8-18,28,34H,7,19H2,1-6H3/b29-27-. The van der Waals surface area contributed by atoms with Crippen molar-refractivity contribution in [1.29, 1.82) is 0 Å². The van der Waals surface area contributed by atoms with Gasteiger partial charge in [-0.3, -0.25) is 9.59 Å². The van der Waals surface area contributed by atoms with Gasteiger partial charge < -0.3 is 10.0 Å². The maximum atomic E-state index is 13.4. The van der Waals surface area contributed by atoms with Gasteiger partial charge in [-0.05, 0) is 53.5 Å². The number of hydrogen-bond donors (Lipinski definition) is 1. The van der Waals surface area contributed by atoms with Crippen molar-refractivity contribution in [3.8, 4) is 0 Å². The van der Waals surface area contributed by atoms with Crippen LogP contribution in [0, 0.1) is 13.8 Å². The van der Waals surface area contributed by atoms with Crippen LogP contribution in [-0.4, -0.2) is 21.7 Å². The number of carbonyl (C=O) groups is 2. The molecule has 0 bridgehead atoms. The largest absolute Gasteiger partial charge is 0.507 e. The normalized spacial score (nSPS) is 17.6. The van der Waals surface area contributed by atoms with Crippen LogP contribution in [0.3, 0.4) is 0 Å². The molecule has 3 aromatic rings. The zero-order valence-electron chi connectivity index (χ0n) is 22.1. The van der Waals surface area contributed by atoms with E-state index < -0.39 is 17.7 Å². The van der Waals surface area contributed by atoms with E-state index in [4.69, 9.17) is 0 Å². The second-order valence-electron chi connectivity index (χ2n) is 10.8. The molecule has 1 aliphatic heterocycles. The van der Waals surface area contributed by atoms with Crippen LogP contribution in [0.2, 0.25) is 0 Å². The minimum Gasteiger partial charge on any atom is -0.507 e. The molecule has 186 valence electrons. The molecule has 1 fully saturated rings. The number of hydrogen-bond acceptors (Lipinski definition) is 3. The second-order valence-corrected chi connectivity index (χ2v) is 10.8. The Morgan fingerprint density at radius 2 is 1.56 bits per heavy atom. The third-order valence-electron chi connectivity index (χ3n) is 7.11. The van der Waals surface area contributed by atoms with E-state index in [1.54, 1.807) is 4.90 Å². The lowest BCUT2D eigenvalue weighted by molar-refractivity contribution is -0.140. The molecule has 3 aromatic carbocycles. The topological polar surface area (TPSA) is 57.6 Å². The maximum absolute atomic E-state index is 13.4. The van der Waals surface area contributed by atoms with Gasteiger partial charge in [-0.1, -0.05) is 100.0 Å². The molecular weight excluding hydrogens is 446 g/mol. The first kappa shape index (κ1) is 25.4. The highest BCUT2D eigenvalue weighted by Crippen LogP contribution is 2.41. The number of ketones is 1. The average Bonchev–Trinajstić information content (AvgIpc) is 3.10. The molecule has 0 aliphatic carbocycles. The van der Waals surface area contributed by atoms with Gasteiger partial charge >= 0.3 is 0 Å². The molecule has 4 nitrogen and oxygen atoms in total. The molecule has 0 saturated carbocycles. The van der Waals surface area contributed by atoms with E-state index in [-0.39, 0.29) is 23.3 Å². The van der Waals surface area contributed by atoms with Crippen LogP contribution >= 0.6 is 0 Å². The lowest BCUT2D eigenvalue weighted by Gasteiger charge is -2.27. The van der Waals surface area contributed by atoms with E-state index in [1.165, 1.54) is 0 Å². The minimum absolute atomic E-state index is 0.0277. The highest BCUT2D eigenvalue weighted by Gasteiger charge is 2.46. The molecule has 1 unspecified atom stereocenters. The van der Waals surface area contributed by atoms with Gasteiger partial charge in [0.2, 0.25) is 0 Å². The van der Waals surface area contributed by atoms with Crippen LogP contribution in [0.4, 0.5) is 0 Å². The molecular formula is C32H35NO3. The summed E-state index contributed by atoms with van der Waals surface area (Å²) in [6, 6.07) is 21.0. The van der Waals surface area contributed by atoms with Gasteiger partial charge in [0.1, 0.15) is 5.76 Å². The summed E-state index contributed by atoms with van der Waals surface area (Å²) in [6.45, 7) is 12.8. The molecule has 1 saturated heterocycles. The molecule has 0 radical (unpaired) electrons. The van der Waals surface area contributed by atoms with E-state index in [0.717, 1.165) is 39.8 Å². The average molecular weight is 482 g/mol. The number of nitrogens with zero attached hydrogens (tertiary/aromatic N) is 1. The van der Waals surface area contributed by atoms with Crippen molar-refractivity contribution in [2.75, 3.05) is 0 Å². The van der Waals surface area contributed by atoms with E-state index in [9.17, 15) is 14.7 Å². The van der Waals surface area contributed by atoms with Crippen molar-refractivity contribution in [2.45, 2.75) is 66.0 Å². The van der Waals surface area contributed by atoms with Gasteiger partial charge in [-0.2, -0.15) is 0 Å². The molecule has 0 spiro atoms. The lowest BCUT2D eigenvalue weighted by Crippen LogP contribution is -2.29. The predicted molar refractivity (Wildman–Crippen MR) is 145 cm³/mol. The Labute approximate surface area is 214 Å². The van der Waals surface area contributed by atoms with Gasteiger partial charge in [0.25, 0.3) is 11.7 Å². The summed E-state index contributed by atoms with van der Waals surface area (Å²) in [5, 5.41) is 11.4. The van der Waals surface area contributed by atoms with Crippen LogP contribution in [0.1, 0.15) is 72.7 Å². The Morgan fingerprint density at radius 3 is 2.14 bits per heavy atom. The van der Waals surface area contributed by atoms with Gasteiger partial charge in [-0.25, -0.2) is 0 Å².